The lowest BCUT2D eigenvalue weighted by Gasteiger charge is -2.01. The van der Waals surface area contributed by atoms with Gasteiger partial charge in [0.2, 0.25) is 0 Å². The Bertz CT molecular complexity index is 494. The molecule has 0 atom stereocenters. The van der Waals surface area contributed by atoms with Crippen LogP contribution in [-0.4, -0.2) is 31.2 Å². The van der Waals surface area contributed by atoms with Crippen LogP contribution in [0.15, 0.2) is 4.90 Å². The minimum atomic E-state index is -4.01. The third kappa shape index (κ3) is 2.73. The van der Waals surface area contributed by atoms with Gasteiger partial charge < -0.3 is 4.74 Å². The van der Waals surface area contributed by atoms with Crippen LogP contribution in [0, 0.1) is 6.92 Å². The van der Waals surface area contributed by atoms with Gasteiger partial charge in [0.1, 0.15) is 4.90 Å². The summed E-state index contributed by atoms with van der Waals surface area (Å²) in [7, 11) is 1.18. The zero-order valence-corrected chi connectivity index (χ0v) is 10.4. The zero-order chi connectivity index (χ0) is 12.3. The fourth-order valence-corrected chi connectivity index (χ4v) is 2.46. The molecule has 16 heavy (non-hydrogen) atoms. The van der Waals surface area contributed by atoms with Crippen LogP contribution in [0.3, 0.4) is 0 Å². The fraction of sp³-hybridized carbons (Fsp3) is 0.500. The lowest BCUT2D eigenvalue weighted by Crippen LogP contribution is -2.10. The molecule has 0 spiro atoms. The first-order valence-electron chi connectivity index (χ1n) is 4.54. The Hall–Kier alpha value is -1.08. The summed E-state index contributed by atoms with van der Waals surface area (Å²) in [5, 5.41) is 5.96. The highest BCUT2D eigenvalue weighted by Crippen LogP contribution is 2.22. The molecule has 0 aliphatic heterocycles. The van der Waals surface area contributed by atoms with Gasteiger partial charge in [-0.1, -0.05) is 6.92 Å². The van der Waals surface area contributed by atoms with E-state index >= 15 is 0 Å². The Labute approximate surface area is 97.4 Å². The van der Waals surface area contributed by atoms with Crippen molar-refractivity contribution in [3.05, 3.63) is 11.4 Å². The summed E-state index contributed by atoms with van der Waals surface area (Å²) < 4.78 is 27.2. The molecule has 1 heterocycles. The number of nitrogens with zero attached hydrogens (tertiary/aromatic N) is 1. The van der Waals surface area contributed by atoms with Crippen LogP contribution in [0.4, 0.5) is 0 Å². The molecule has 8 heteroatoms. The van der Waals surface area contributed by atoms with Crippen LogP contribution in [0.2, 0.25) is 0 Å². The average Bonchev–Trinajstić information content (AvgIpc) is 2.56. The standard InChI is InChI=1S/C8H11ClN2O4S/c1-3-4-15-8(12)6-7(16(9,13)14)5(2)10-11-6/h3-4H2,1-2H3,(H,10,11). The van der Waals surface area contributed by atoms with Crippen molar-refractivity contribution in [1.82, 2.24) is 10.2 Å². The van der Waals surface area contributed by atoms with Crippen LogP contribution in [0.5, 0.6) is 0 Å². The van der Waals surface area contributed by atoms with E-state index in [0.29, 0.717) is 6.42 Å². The van der Waals surface area contributed by atoms with Crippen molar-refractivity contribution < 1.29 is 17.9 Å². The molecule has 0 bridgehead atoms. The fourth-order valence-electron chi connectivity index (χ4n) is 1.12. The molecule has 1 aromatic rings. The molecule has 1 rings (SSSR count). The Morgan fingerprint density at radius 2 is 2.19 bits per heavy atom. The van der Waals surface area contributed by atoms with Crippen molar-refractivity contribution >= 4 is 25.7 Å². The molecule has 0 aliphatic carbocycles. The van der Waals surface area contributed by atoms with E-state index in [1.54, 1.807) is 0 Å². The third-order valence-corrected chi connectivity index (χ3v) is 3.22. The lowest BCUT2D eigenvalue weighted by atomic mass is 10.4. The van der Waals surface area contributed by atoms with Crippen LogP contribution >= 0.6 is 10.7 Å². The van der Waals surface area contributed by atoms with Gasteiger partial charge in [-0.05, 0) is 13.3 Å². The Balaban J connectivity index is 3.11. The number of aromatic amines is 1. The van der Waals surface area contributed by atoms with Crippen molar-refractivity contribution in [3.8, 4) is 0 Å². The molecule has 0 radical (unpaired) electrons. The quantitative estimate of drug-likeness (QED) is 0.654. The third-order valence-electron chi connectivity index (χ3n) is 1.77. The number of rotatable bonds is 4. The van der Waals surface area contributed by atoms with Gasteiger partial charge in [-0.2, -0.15) is 5.10 Å². The Morgan fingerprint density at radius 3 is 2.69 bits per heavy atom. The minimum absolute atomic E-state index is 0.201. The molecule has 0 amide bonds. The maximum atomic E-state index is 11.5. The number of H-pyrrole nitrogens is 1. The minimum Gasteiger partial charge on any atom is -0.461 e. The van der Waals surface area contributed by atoms with Gasteiger partial charge in [-0.3, -0.25) is 5.10 Å². The average molecular weight is 267 g/mol. The summed E-state index contributed by atoms with van der Waals surface area (Å²) in [6, 6.07) is 0. The molecule has 1 N–H and O–H groups in total. The van der Waals surface area contributed by atoms with E-state index in [-0.39, 0.29) is 22.9 Å². The second-order valence-electron chi connectivity index (χ2n) is 3.10. The molecular weight excluding hydrogens is 256 g/mol. The summed E-state index contributed by atoms with van der Waals surface area (Å²) in [5.41, 5.74) is -0.0978. The van der Waals surface area contributed by atoms with Crippen LogP contribution < -0.4 is 0 Å². The van der Waals surface area contributed by atoms with Crippen molar-refractivity contribution in [2.45, 2.75) is 25.2 Å². The van der Waals surface area contributed by atoms with Gasteiger partial charge >= 0.3 is 5.97 Å². The number of esters is 1. The maximum absolute atomic E-state index is 11.5. The summed E-state index contributed by atoms with van der Waals surface area (Å²) in [6.07, 6.45) is 0.637. The van der Waals surface area contributed by atoms with E-state index in [1.165, 1.54) is 6.92 Å². The van der Waals surface area contributed by atoms with E-state index < -0.39 is 15.0 Å². The largest absolute Gasteiger partial charge is 0.461 e. The number of carbonyl (C=O) groups is 1. The van der Waals surface area contributed by atoms with Gasteiger partial charge in [0.05, 0.1) is 12.3 Å². The summed E-state index contributed by atoms with van der Waals surface area (Å²) in [6.45, 7) is 3.48. The number of ether oxygens (including phenoxy) is 1. The van der Waals surface area contributed by atoms with Gasteiger partial charge in [-0.15, -0.1) is 0 Å². The highest BCUT2D eigenvalue weighted by molar-refractivity contribution is 8.13. The van der Waals surface area contributed by atoms with E-state index in [4.69, 9.17) is 15.4 Å². The number of halogens is 1. The molecular formula is C8H11ClN2O4S. The highest BCUT2D eigenvalue weighted by Gasteiger charge is 2.27. The first-order chi connectivity index (χ1) is 7.38. The van der Waals surface area contributed by atoms with Crippen LogP contribution in [0.1, 0.15) is 29.5 Å². The summed E-state index contributed by atoms with van der Waals surface area (Å²) in [5.74, 6) is -0.801. The van der Waals surface area contributed by atoms with E-state index in [1.807, 2.05) is 6.92 Å². The van der Waals surface area contributed by atoms with Crippen LogP contribution in [-0.2, 0) is 13.8 Å². The smallest absolute Gasteiger partial charge is 0.360 e. The van der Waals surface area contributed by atoms with Gasteiger partial charge in [-0.25, -0.2) is 13.2 Å². The molecule has 0 saturated heterocycles. The second-order valence-corrected chi connectivity index (χ2v) is 5.60. The van der Waals surface area contributed by atoms with Crippen molar-refractivity contribution in [3.63, 3.8) is 0 Å². The van der Waals surface area contributed by atoms with Gasteiger partial charge in [0.15, 0.2) is 5.69 Å². The number of aromatic nitrogens is 2. The van der Waals surface area contributed by atoms with E-state index in [0.717, 1.165) is 0 Å². The van der Waals surface area contributed by atoms with E-state index in [2.05, 4.69) is 10.2 Å². The Morgan fingerprint density at radius 1 is 1.56 bits per heavy atom. The van der Waals surface area contributed by atoms with Gasteiger partial charge in [0, 0.05) is 10.7 Å². The summed E-state index contributed by atoms with van der Waals surface area (Å²) in [4.78, 5) is 11.1. The highest BCUT2D eigenvalue weighted by atomic mass is 35.7. The SMILES string of the molecule is CCCOC(=O)c1n[nH]c(C)c1S(=O)(=O)Cl. The number of aryl methyl sites for hydroxylation is 1. The first-order valence-corrected chi connectivity index (χ1v) is 6.85. The van der Waals surface area contributed by atoms with Crippen molar-refractivity contribution in [2.24, 2.45) is 0 Å². The second kappa shape index (κ2) is 4.84. The van der Waals surface area contributed by atoms with E-state index in [9.17, 15) is 13.2 Å². The number of hydrogen-bond acceptors (Lipinski definition) is 5. The topological polar surface area (TPSA) is 89.1 Å². The predicted molar refractivity (Wildman–Crippen MR) is 56.9 cm³/mol. The normalized spacial score (nSPS) is 11.4. The molecule has 0 unspecified atom stereocenters. The molecule has 1 aromatic heterocycles. The number of nitrogens with one attached hydrogen (secondary N) is 1. The molecule has 0 aliphatic rings. The molecule has 0 aromatic carbocycles. The Kier molecular flexibility index (Phi) is 3.93. The lowest BCUT2D eigenvalue weighted by molar-refractivity contribution is 0.0493. The van der Waals surface area contributed by atoms with Crippen molar-refractivity contribution in [2.75, 3.05) is 6.61 Å². The molecule has 0 saturated carbocycles. The molecule has 6 nitrogen and oxygen atoms in total. The zero-order valence-electron chi connectivity index (χ0n) is 8.78. The maximum Gasteiger partial charge on any atom is 0.360 e. The van der Waals surface area contributed by atoms with Crippen LogP contribution in [0.25, 0.3) is 0 Å². The molecule has 0 fully saturated rings. The van der Waals surface area contributed by atoms with Gasteiger partial charge in [0.25, 0.3) is 9.05 Å². The number of carbonyl (C=O) groups excluding carboxylic acids is 1. The first kappa shape index (κ1) is 13.0. The monoisotopic (exact) mass is 266 g/mol. The summed E-state index contributed by atoms with van der Waals surface area (Å²) >= 11 is 0. The van der Waals surface area contributed by atoms with Crippen molar-refractivity contribution in [1.29, 1.82) is 0 Å². The molecule has 90 valence electrons. The predicted octanol–water partition coefficient (Wildman–Crippen LogP) is 1.21. The number of hydrogen-bond donors (Lipinski definition) is 1.